The zero-order valence-electron chi connectivity index (χ0n) is 17.8. The van der Waals surface area contributed by atoms with Crippen molar-refractivity contribution in [3.63, 3.8) is 0 Å². The first-order valence-electron chi connectivity index (χ1n) is 10.8. The number of carbonyl (C=O) groups is 2. The van der Waals surface area contributed by atoms with E-state index < -0.39 is 11.7 Å². The van der Waals surface area contributed by atoms with Gasteiger partial charge in [0.15, 0.2) is 6.61 Å². The van der Waals surface area contributed by atoms with Crippen molar-refractivity contribution in [2.45, 2.75) is 32.0 Å². The second-order valence-electron chi connectivity index (χ2n) is 8.59. The fourth-order valence-electron chi connectivity index (χ4n) is 4.52. The first-order chi connectivity index (χ1) is 15.7. The van der Waals surface area contributed by atoms with Gasteiger partial charge >= 0.3 is 6.18 Å². The Kier molecular flexibility index (Phi) is 6.56. The van der Waals surface area contributed by atoms with E-state index in [-0.39, 0.29) is 41.9 Å². The molecule has 2 aromatic rings. The third-order valence-electron chi connectivity index (χ3n) is 6.58. The number of nitrogens with one attached hydrogen (secondary N) is 1. The number of nitrogens with zero attached hydrogens (tertiary/aromatic N) is 1. The van der Waals surface area contributed by atoms with Gasteiger partial charge in [0.25, 0.3) is 5.91 Å². The molecule has 0 aromatic heterocycles. The molecule has 1 atom stereocenters. The molecular weight excluding hydrogens is 457 g/mol. The summed E-state index contributed by atoms with van der Waals surface area (Å²) in [6, 6.07) is 12.2. The summed E-state index contributed by atoms with van der Waals surface area (Å²) in [7, 11) is 0. The maximum atomic E-state index is 13.1. The molecule has 1 saturated heterocycles. The van der Waals surface area contributed by atoms with Crippen molar-refractivity contribution in [2.75, 3.05) is 19.7 Å². The van der Waals surface area contributed by atoms with Crippen molar-refractivity contribution in [1.82, 2.24) is 10.2 Å². The van der Waals surface area contributed by atoms with Gasteiger partial charge in [-0.15, -0.1) is 0 Å². The lowest BCUT2D eigenvalue weighted by atomic mass is 9.90. The normalized spacial score (nSPS) is 19.3. The Morgan fingerprint density at radius 2 is 1.76 bits per heavy atom. The Morgan fingerprint density at radius 3 is 2.45 bits per heavy atom. The molecule has 33 heavy (non-hydrogen) atoms. The number of likely N-dealkylation sites (tertiary alicyclic amines) is 1. The molecule has 2 aromatic carbocycles. The highest BCUT2D eigenvalue weighted by Crippen LogP contribution is 2.59. The third kappa shape index (κ3) is 5.27. The molecule has 1 aliphatic heterocycles. The van der Waals surface area contributed by atoms with Crippen molar-refractivity contribution >= 4 is 23.4 Å². The zero-order valence-corrected chi connectivity index (χ0v) is 18.6. The van der Waals surface area contributed by atoms with E-state index in [1.807, 2.05) is 0 Å². The maximum absolute atomic E-state index is 13.1. The average Bonchev–Trinajstić information content (AvgIpc) is 3.50. The first kappa shape index (κ1) is 23.4. The minimum Gasteiger partial charge on any atom is -0.482 e. The summed E-state index contributed by atoms with van der Waals surface area (Å²) < 4.78 is 44.9. The molecule has 1 N–H and O–H groups in total. The number of hydrogen-bond donors (Lipinski definition) is 1. The maximum Gasteiger partial charge on any atom is 0.416 e. The number of hydrogen-bond acceptors (Lipinski definition) is 3. The second kappa shape index (κ2) is 9.25. The van der Waals surface area contributed by atoms with Crippen LogP contribution in [0, 0.1) is 11.3 Å². The summed E-state index contributed by atoms with van der Waals surface area (Å²) in [6.45, 7) is 0.765. The largest absolute Gasteiger partial charge is 0.482 e. The first-order valence-corrected chi connectivity index (χ1v) is 11.2. The van der Waals surface area contributed by atoms with E-state index in [9.17, 15) is 22.8 Å². The van der Waals surface area contributed by atoms with Crippen LogP contribution < -0.4 is 10.1 Å². The lowest BCUT2D eigenvalue weighted by molar-refractivity contribution is -0.138. The Labute approximate surface area is 194 Å². The summed E-state index contributed by atoms with van der Waals surface area (Å²) in [6.07, 6.45) is -2.40. The minimum atomic E-state index is -4.46. The van der Waals surface area contributed by atoms with E-state index in [1.165, 1.54) is 18.2 Å². The summed E-state index contributed by atoms with van der Waals surface area (Å²) in [4.78, 5) is 26.8. The van der Waals surface area contributed by atoms with Gasteiger partial charge < -0.3 is 15.0 Å². The minimum absolute atomic E-state index is 0.0481. The molecule has 1 spiro atoms. The number of rotatable bonds is 6. The van der Waals surface area contributed by atoms with E-state index >= 15 is 0 Å². The van der Waals surface area contributed by atoms with Crippen molar-refractivity contribution in [2.24, 2.45) is 11.3 Å². The van der Waals surface area contributed by atoms with E-state index in [1.54, 1.807) is 29.2 Å². The van der Waals surface area contributed by atoms with Crippen LogP contribution in [0.15, 0.2) is 48.5 Å². The average molecular weight is 481 g/mol. The van der Waals surface area contributed by atoms with Crippen LogP contribution in [0.1, 0.15) is 30.4 Å². The summed E-state index contributed by atoms with van der Waals surface area (Å²) in [5.41, 5.74) is -0.859. The number of piperidine rings is 1. The fraction of sp³-hybridized carbons (Fsp3) is 0.417. The van der Waals surface area contributed by atoms with Gasteiger partial charge in [-0.25, -0.2) is 0 Å². The van der Waals surface area contributed by atoms with Crippen LogP contribution >= 0.6 is 11.6 Å². The fourth-order valence-corrected chi connectivity index (χ4v) is 4.71. The van der Waals surface area contributed by atoms with E-state index in [4.69, 9.17) is 16.3 Å². The molecule has 1 aliphatic carbocycles. The van der Waals surface area contributed by atoms with Gasteiger partial charge in [-0.1, -0.05) is 41.9 Å². The third-order valence-corrected chi connectivity index (χ3v) is 6.89. The Hall–Kier alpha value is -2.74. The summed E-state index contributed by atoms with van der Waals surface area (Å²) in [5.74, 6) is -0.150. The number of amides is 2. The van der Waals surface area contributed by atoms with Crippen molar-refractivity contribution in [3.05, 3.63) is 64.7 Å². The molecule has 1 heterocycles. The summed E-state index contributed by atoms with van der Waals surface area (Å²) >= 11 is 6.04. The van der Waals surface area contributed by atoms with Gasteiger partial charge in [-0.3, -0.25) is 9.59 Å². The van der Waals surface area contributed by atoms with Crippen molar-refractivity contribution in [1.29, 1.82) is 0 Å². The molecule has 0 radical (unpaired) electrons. The van der Waals surface area contributed by atoms with Gasteiger partial charge in [0.05, 0.1) is 10.6 Å². The van der Waals surface area contributed by atoms with Crippen LogP contribution in [0.25, 0.3) is 0 Å². The number of ether oxygens (including phenoxy) is 1. The van der Waals surface area contributed by atoms with Crippen LogP contribution in [0.4, 0.5) is 13.2 Å². The zero-order chi connectivity index (χ0) is 23.6. The predicted molar refractivity (Wildman–Crippen MR) is 117 cm³/mol. The molecule has 9 heteroatoms. The van der Waals surface area contributed by atoms with Crippen LogP contribution in [0.5, 0.6) is 5.75 Å². The van der Waals surface area contributed by atoms with Gasteiger partial charge in [-0.05, 0) is 48.4 Å². The number of halogens is 4. The predicted octanol–water partition coefficient (Wildman–Crippen LogP) is 4.68. The number of carbonyl (C=O) groups excluding carboxylic acids is 2. The Bertz CT molecular complexity index is 1040. The molecule has 0 unspecified atom stereocenters. The van der Waals surface area contributed by atoms with Crippen LogP contribution in [-0.4, -0.2) is 36.4 Å². The van der Waals surface area contributed by atoms with Gasteiger partial charge in [0.1, 0.15) is 5.75 Å². The topological polar surface area (TPSA) is 58.6 Å². The Balaban J connectivity index is 1.25. The van der Waals surface area contributed by atoms with E-state index in [0.717, 1.165) is 6.07 Å². The highest BCUT2D eigenvalue weighted by molar-refractivity contribution is 6.32. The monoisotopic (exact) mass is 480 g/mol. The quantitative estimate of drug-likeness (QED) is 0.653. The molecule has 1 saturated carbocycles. The second-order valence-corrected chi connectivity index (χ2v) is 9.00. The molecular formula is C24H24ClF3N2O3. The molecule has 176 valence electrons. The van der Waals surface area contributed by atoms with E-state index in [0.29, 0.717) is 43.1 Å². The molecule has 2 aliphatic rings. The number of para-hydroxylation sites is 1. The van der Waals surface area contributed by atoms with E-state index in [2.05, 4.69) is 5.32 Å². The Morgan fingerprint density at radius 1 is 1.09 bits per heavy atom. The van der Waals surface area contributed by atoms with Gasteiger partial charge in [0, 0.05) is 25.6 Å². The summed E-state index contributed by atoms with van der Waals surface area (Å²) in [5, 5.41) is 3.11. The molecule has 0 bridgehead atoms. The smallest absolute Gasteiger partial charge is 0.416 e. The molecule has 2 fully saturated rings. The van der Waals surface area contributed by atoms with Crippen LogP contribution in [-0.2, 0) is 22.3 Å². The number of alkyl halides is 3. The van der Waals surface area contributed by atoms with Gasteiger partial charge in [0.2, 0.25) is 5.91 Å². The molecule has 5 nitrogen and oxygen atoms in total. The van der Waals surface area contributed by atoms with Crippen molar-refractivity contribution < 1.29 is 27.5 Å². The van der Waals surface area contributed by atoms with Gasteiger partial charge in [-0.2, -0.15) is 13.2 Å². The molecule has 2 amide bonds. The lowest BCUT2D eigenvalue weighted by Gasteiger charge is -2.32. The van der Waals surface area contributed by atoms with Crippen LogP contribution in [0.3, 0.4) is 0 Å². The van der Waals surface area contributed by atoms with Crippen LogP contribution in [0.2, 0.25) is 5.02 Å². The standard InChI is InChI=1S/C24H24ClF3N2O3/c25-19-7-3-4-8-20(19)33-15-21(31)30-11-9-23(10-12-30)13-18(23)22(32)29-14-16-5-1-2-6-17(16)24(26,27)28/h1-8,18H,9-15H2,(H,29,32)/t18-/m0/s1. The number of benzene rings is 2. The SMILES string of the molecule is O=C(NCc1ccccc1C(F)(F)F)[C@@H]1CC12CCN(C(=O)COc1ccccc1Cl)CC2. The highest BCUT2D eigenvalue weighted by atomic mass is 35.5. The molecule has 4 rings (SSSR count). The lowest BCUT2D eigenvalue weighted by Crippen LogP contribution is -2.42. The van der Waals surface area contributed by atoms with Crippen molar-refractivity contribution in [3.8, 4) is 5.75 Å². The highest BCUT2D eigenvalue weighted by Gasteiger charge is 2.58.